The highest BCUT2D eigenvalue weighted by molar-refractivity contribution is 9.10. The summed E-state index contributed by atoms with van der Waals surface area (Å²) in [6, 6.07) is 0. The molecule has 1 aromatic heterocycles. The van der Waals surface area contributed by atoms with Crippen LogP contribution in [0.1, 0.15) is 17.3 Å². The van der Waals surface area contributed by atoms with Crippen LogP contribution in [0.25, 0.3) is 0 Å². The van der Waals surface area contributed by atoms with Gasteiger partial charge in [0.25, 0.3) is 0 Å². The SMILES string of the molecule is CC(Cl)c1nc(Br)cs1. The van der Waals surface area contributed by atoms with Gasteiger partial charge in [0.2, 0.25) is 0 Å². The molecule has 1 aromatic rings. The fourth-order valence-electron chi connectivity index (χ4n) is 0.450. The molecule has 0 radical (unpaired) electrons. The van der Waals surface area contributed by atoms with E-state index in [0.29, 0.717) is 0 Å². The lowest BCUT2D eigenvalue weighted by Crippen LogP contribution is -1.79. The van der Waals surface area contributed by atoms with Crippen molar-refractivity contribution in [3.63, 3.8) is 0 Å². The van der Waals surface area contributed by atoms with Crippen molar-refractivity contribution >= 4 is 38.9 Å². The van der Waals surface area contributed by atoms with Crippen LogP contribution in [0.5, 0.6) is 0 Å². The van der Waals surface area contributed by atoms with E-state index in [1.165, 1.54) is 0 Å². The highest BCUT2D eigenvalue weighted by atomic mass is 79.9. The summed E-state index contributed by atoms with van der Waals surface area (Å²) in [5.41, 5.74) is 0. The summed E-state index contributed by atoms with van der Waals surface area (Å²) in [5.74, 6) is 0. The van der Waals surface area contributed by atoms with Crippen molar-refractivity contribution in [2.45, 2.75) is 12.3 Å². The summed E-state index contributed by atoms with van der Waals surface area (Å²) >= 11 is 10.6. The first kappa shape index (κ1) is 7.51. The van der Waals surface area contributed by atoms with Crippen LogP contribution in [-0.4, -0.2) is 4.98 Å². The standard InChI is InChI=1S/C5H5BrClNS/c1-3(7)5-8-4(6)2-9-5/h2-3H,1H3. The largest absolute Gasteiger partial charge is 0.233 e. The number of aromatic nitrogens is 1. The molecule has 1 heterocycles. The van der Waals surface area contributed by atoms with Gasteiger partial charge in [-0.05, 0) is 22.9 Å². The zero-order valence-electron chi connectivity index (χ0n) is 4.77. The number of alkyl halides is 1. The second-order valence-corrected chi connectivity index (χ2v) is 3.98. The minimum absolute atomic E-state index is 0.0290. The minimum atomic E-state index is 0.0290. The Hall–Kier alpha value is 0.400. The van der Waals surface area contributed by atoms with Crippen LogP contribution >= 0.6 is 38.9 Å². The van der Waals surface area contributed by atoms with E-state index in [1.54, 1.807) is 11.3 Å². The smallest absolute Gasteiger partial charge is 0.117 e. The van der Waals surface area contributed by atoms with Gasteiger partial charge in [-0.15, -0.1) is 22.9 Å². The Morgan fingerprint density at radius 2 is 2.56 bits per heavy atom. The van der Waals surface area contributed by atoms with Crippen molar-refractivity contribution in [2.24, 2.45) is 0 Å². The average Bonchev–Trinajstić information content (AvgIpc) is 2.14. The Bertz CT molecular complexity index is 199. The van der Waals surface area contributed by atoms with E-state index in [-0.39, 0.29) is 5.38 Å². The van der Waals surface area contributed by atoms with Gasteiger partial charge in [-0.1, -0.05) is 0 Å². The van der Waals surface area contributed by atoms with Gasteiger partial charge in [0.15, 0.2) is 0 Å². The summed E-state index contributed by atoms with van der Waals surface area (Å²) in [4.78, 5) is 4.11. The Morgan fingerprint density at radius 3 is 2.78 bits per heavy atom. The Kier molecular flexibility index (Phi) is 2.50. The molecule has 1 unspecified atom stereocenters. The van der Waals surface area contributed by atoms with Gasteiger partial charge in [-0.2, -0.15) is 0 Å². The van der Waals surface area contributed by atoms with E-state index in [2.05, 4.69) is 20.9 Å². The zero-order chi connectivity index (χ0) is 6.85. The maximum absolute atomic E-state index is 5.74. The van der Waals surface area contributed by atoms with E-state index in [1.807, 2.05) is 12.3 Å². The molecular formula is C5H5BrClNS. The summed E-state index contributed by atoms with van der Waals surface area (Å²) in [6.07, 6.45) is 0. The lowest BCUT2D eigenvalue weighted by molar-refractivity contribution is 1.04. The number of hydrogen-bond acceptors (Lipinski definition) is 2. The molecule has 0 fully saturated rings. The second kappa shape index (κ2) is 2.99. The van der Waals surface area contributed by atoms with E-state index in [0.717, 1.165) is 9.61 Å². The van der Waals surface area contributed by atoms with Gasteiger partial charge < -0.3 is 0 Å². The van der Waals surface area contributed by atoms with E-state index in [9.17, 15) is 0 Å². The number of hydrogen-bond donors (Lipinski definition) is 0. The molecule has 1 rings (SSSR count). The lowest BCUT2D eigenvalue weighted by atomic mass is 10.5. The first-order valence-electron chi connectivity index (χ1n) is 2.45. The number of nitrogens with zero attached hydrogens (tertiary/aromatic N) is 1. The molecular weight excluding hydrogens is 221 g/mol. The molecule has 50 valence electrons. The zero-order valence-corrected chi connectivity index (χ0v) is 7.92. The summed E-state index contributed by atoms with van der Waals surface area (Å²) in [6.45, 7) is 1.91. The van der Waals surface area contributed by atoms with Crippen molar-refractivity contribution in [1.29, 1.82) is 0 Å². The third kappa shape index (κ3) is 1.92. The first-order valence-corrected chi connectivity index (χ1v) is 4.56. The summed E-state index contributed by atoms with van der Waals surface area (Å²) < 4.78 is 0.870. The summed E-state index contributed by atoms with van der Waals surface area (Å²) in [5, 5.41) is 2.92. The summed E-state index contributed by atoms with van der Waals surface area (Å²) in [7, 11) is 0. The third-order valence-corrected chi connectivity index (χ3v) is 2.91. The monoisotopic (exact) mass is 225 g/mol. The van der Waals surface area contributed by atoms with Crippen LogP contribution in [0, 0.1) is 0 Å². The van der Waals surface area contributed by atoms with Crippen molar-refractivity contribution < 1.29 is 0 Å². The molecule has 1 atom stereocenters. The second-order valence-electron chi connectivity index (χ2n) is 1.62. The Morgan fingerprint density at radius 1 is 1.89 bits per heavy atom. The van der Waals surface area contributed by atoms with Gasteiger partial charge in [-0.25, -0.2) is 4.98 Å². The van der Waals surface area contributed by atoms with Crippen LogP contribution < -0.4 is 0 Å². The molecule has 0 aliphatic carbocycles. The highest BCUT2D eigenvalue weighted by Gasteiger charge is 2.04. The van der Waals surface area contributed by atoms with Crippen molar-refractivity contribution in [1.82, 2.24) is 4.98 Å². The maximum atomic E-state index is 5.74. The van der Waals surface area contributed by atoms with Crippen LogP contribution in [0.4, 0.5) is 0 Å². The molecule has 0 N–H and O–H groups in total. The number of thiazole rings is 1. The average molecular weight is 227 g/mol. The fraction of sp³-hybridized carbons (Fsp3) is 0.400. The molecule has 9 heavy (non-hydrogen) atoms. The van der Waals surface area contributed by atoms with Crippen LogP contribution in [0.3, 0.4) is 0 Å². The normalized spacial score (nSPS) is 13.7. The molecule has 0 aromatic carbocycles. The molecule has 0 aliphatic heterocycles. The molecule has 1 nitrogen and oxygen atoms in total. The van der Waals surface area contributed by atoms with E-state index >= 15 is 0 Å². The van der Waals surface area contributed by atoms with Gasteiger partial charge in [-0.3, -0.25) is 0 Å². The Labute approximate surface area is 71.2 Å². The van der Waals surface area contributed by atoms with Crippen molar-refractivity contribution in [2.75, 3.05) is 0 Å². The predicted molar refractivity (Wildman–Crippen MR) is 44.1 cm³/mol. The molecule has 0 saturated heterocycles. The van der Waals surface area contributed by atoms with Crippen LogP contribution in [0.2, 0.25) is 0 Å². The fourth-order valence-corrected chi connectivity index (χ4v) is 1.85. The van der Waals surface area contributed by atoms with E-state index < -0.39 is 0 Å². The lowest BCUT2D eigenvalue weighted by Gasteiger charge is -1.91. The maximum Gasteiger partial charge on any atom is 0.117 e. The van der Waals surface area contributed by atoms with Crippen molar-refractivity contribution in [3.05, 3.63) is 15.0 Å². The highest BCUT2D eigenvalue weighted by Crippen LogP contribution is 2.24. The first-order chi connectivity index (χ1) is 4.20. The predicted octanol–water partition coefficient (Wildman–Crippen LogP) is 3.21. The van der Waals surface area contributed by atoms with Crippen molar-refractivity contribution in [3.8, 4) is 0 Å². The van der Waals surface area contributed by atoms with Crippen LogP contribution in [0.15, 0.2) is 9.98 Å². The Balaban J connectivity index is 2.85. The third-order valence-electron chi connectivity index (χ3n) is 0.834. The molecule has 0 amide bonds. The van der Waals surface area contributed by atoms with Gasteiger partial charge in [0, 0.05) is 5.38 Å². The molecule has 0 aliphatic rings. The number of rotatable bonds is 1. The number of halogens is 2. The molecule has 0 spiro atoms. The molecule has 0 saturated carbocycles. The van der Waals surface area contributed by atoms with Gasteiger partial charge in [0.05, 0.1) is 5.38 Å². The topological polar surface area (TPSA) is 12.9 Å². The molecule has 0 bridgehead atoms. The quantitative estimate of drug-likeness (QED) is 0.670. The van der Waals surface area contributed by atoms with Gasteiger partial charge in [0.1, 0.15) is 9.61 Å². The van der Waals surface area contributed by atoms with Gasteiger partial charge >= 0.3 is 0 Å². The minimum Gasteiger partial charge on any atom is -0.233 e. The van der Waals surface area contributed by atoms with E-state index in [4.69, 9.17) is 11.6 Å². The van der Waals surface area contributed by atoms with Crippen LogP contribution in [-0.2, 0) is 0 Å². The molecule has 4 heteroatoms.